The highest BCUT2D eigenvalue weighted by molar-refractivity contribution is 8.01. The number of carbonyl (C=O) groups is 3. The molecule has 6 nitrogen and oxygen atoms in total. The zero-order chi connectivity index (χ0) is 15.8. The summed E-state index contributed by atoms with van der Waals surface area (Å²) in [6, 6.07) is -0.572. The van der Waals surface area contributed by atoms with Gasteiger partial charge in [-0.3, -0.25) is 9.59 Å². The summed E-state index contributed by atoms with van der Waals surface area (Å²) >= 11 is 1.60. The second-order valence-electron chi connectivity index (χ2n) is 6.67. The number of ether oxygens (including phenoxy) is 1. The van der Waals surface area contributed by atoms with Gasteiger partial charge in [-0.15, -0.1) is 11.8 Å². The highest BCUT2D eigenvalue weighted by atomic mass is 32.2. The van der Waals surface area contributed by atoms with Crippen molar-refractivity contribution in [1.29, 1.82) is 0 Å². The largest absolute Gasteiger partial charge is 0.454 e. The van der Waals surface area contributed by atoms with Crippen molar-refractivity contribution in [3.63, 3.8) is 0 Å². The predicted octanol–water partition coefficient (Wildman–Crippen LogP) is 0.898. The van der Waals surface area contributed by atoms with Crippen LogP contribution in [0.2, 0.25) is 0 Å². The molecule has 7 heteroatoms. The highest BCUT2D eigenvalue weighted by Gasteiger charge is 2.53. The maximum Gasteiger partial charge on any atom is 0.330 e. The summed E-state index contributed by atoms with van der Waals surface area (Å²) in [7, 11) is 0. The number of nitrogens with one attached hydrogen (secondary N) is 1. The summed E-state index contributed by atoms with van der Waals surface area (Å²) in [5, 5.41) is 2.73. The van der Waals surface area contributed by atoms with Gasteiger partial charge in [0.25, 0.3) is 5.91 Å². The molecule has 2 fully saturated rings. The van der Waals surface area contributed by atoms with Gasteiger partial charge in [-0.1, -0.05) is 0 Å². The van der Waals surface area contributed by atoms with Crippen LogP contribution in [0.15, 0.2) is 0 Å². The molecule has 0 aliphatic carbocycles. The number of nitrogens with zero attached hydrogens (tertiary/aromatic N) is 1. The van der Waals surface area contributed by atoms with Gasteiger partial charge in [0.05, 0.1) is 4.87 Å². The molecule has 2 amide bonds. The predicted molar refractivity (Wildman–Crippen MR) is 79.6 cm³/mol. The molecular weight excluding hydrogens is 292 g/mol. The lowest BCUT2D eigenvalue weighted by atomic mass is 10.1. The maximum absolute atomic E-state index is 12.1. The molecule has 0 saturated carbocycles. The maximum atomic E-state index is 12.1. The van der Waals surface area contributed by atoms with Crippen molar-refractivity contribution in [2.24, 2.45) is 0 Å². The molecule has 2 rings (SSSR count). The van der Waals surface area contributed by atoms with Crippen LogP contribution in [-0.2, 0) is 19.1 Å². The molecule has 21 heavy (non-hydrogen) atoms. The number of thioether (sulfide) groups is 1. The monoisotopic (exact) mass is 314 g/mol. The molecule has 2 aliphatic heterocycles. The van der Waals surface area contributed by atoms with Crippen molar-refractivity contribution >= 4 is 29.5 Å². The van der Waals surface area contributed by atoms with E-state index in [1.54, 1.807) is 16.7 Å². The zero-order valence-electron chi connectivity index (χ0n) is 12.9. The number of hydrogen-bond donors (Lipinski definition) is 1. The first-order valence-corrected chi connectivity index (χ1v) is 8.05. The summed E-state index contributed by atoms with van der Waals surface area (Å²) in [6.45, 7) is 7.23. The Morgan fingerprint density at radius 2 is 2.14 bits per heavy atom. The van der Waals surface area contributed by atoms with E-state index >= 15 is 0 Å². The van der Waals surface area contributed by atoms with E-state index in [0.717, 1.165) is 6.42 Å². The molecule has 0 unspecified atom stereocenters. The fraction of sp³-hybridized carbons (Fsp3) is 0.786. The zero-order valence-corrected chi connectivity index (χ0v) is 13.7. The van der Waals surface area contributed by atoms with E-state index in [9.17, 15) is 14.4 Å². The summed E-state index contributed by atoms with van der Waals surface area (Å²) < 4.78 is 5.08. The van der Waals surface area contributed by atoms with E-state index in [1.807, 2.05) is 27.7 Å². The molecule has 0 radical (unpaired) electrons. The lowest BCUT2D eigenvalue weighted by Gasteiger charge is -2.29. The fourth-order valence-corrected chi connectivity index (χ4v) is 4.10. The minimum atomic E-state index is -0.572. The Morgan fingerprint density at radius 3 is 2.76 bits per heavy atom. The summed E-state index contributed by atoms with van der Waals surface area (Å²) in [5.74, 6) is -0.312. The summed E-state index contributed by atoms with van der Waals surface area (Å²) in [4.78, 5) is 37.1. The number of fused-ring (bicyclic) bond motifs is 1. The standard InChI is InChI=1S/C14H22N2O4S/c1-13(2,3)15-10(17)7-20-12(19)9-8-21-14(4)6-5-11(18)16(9)14/h9H,5-8H2,1-4H3,(H,15,17)/t9-,14+/m1/s1. The first-order chi connectivity index (χ1) is 9.62. The van der Waals surface area contributed by atoms with E-state index in [2.05, 4.69) is 5.32 Å². The fourth-order valence-electron chi connectivity index (χ4n) is 2.68. The van der Waals surface area contributed by atoms with Crippen LogP contribution < -0.4 is 5.32 Å². The number of hydrogen-bond acceptors (Lipinski definition) is 5. The molecule has 2 aliphatic rings. The van der Waals surface area contributed by atoms with Crippen LogP contribution >= 0.6 is 11.8 Å². The lowest BCUT2D eigenvalue weighted by Crippen LogP contribution is -2.48. The molecule has 2 atom stereocenters. The van der Waals surface area contributed by atoms with Crippen LogP contribution in [0.25, 0.3) is 0 Å². The van der Waals surface area contributed by atoms with E-state index in [1.165, 1.54) is 0 Å². The van der Waals surface area contributed by atoms with Gasteiger partial charge < -0.3 is 15.0 Å². The van der Waals surface area contributed by atoms with Gasteiger partial charge in [0.2, 0.25) is 5.91 Å². The number of esters is 1. The Balaban J connectivity index is 1.90. The number of carbonyl (C=O) groups excluding carboxylic acids is 3. The number of amides is 2. The third kappa shape index (κ3) is 3.51. The van der Waals surface area contributed by atoms with Crippen LogP contribution in [0.1, 0.15) is 40.5 Å². The van der Waals surface area contributed by atoms with E-state index in [-0.39, 0.29) is 28.8 Å². The molecule has 1 N–H and O–H groups in total. The van der Waals surface area contributed by atoms with Crippen molar-refractivity contribution in [3.05, 3.63) is 0 Å². The summed E-state index contributed by atoms with van der Waals surface area (Å²) in [6.07, 6.45) is 1.22. The molecule has 118 valence electrons. The Morgan fingerprint density at radius 1 is 1.48 bits per heavy atom. The molecule has 0 bridgehead atoms. The first-order valence-electron chi connectivity index (χ1n) is 7.06. The van der Waals surface area contributed by atoms with Crippen molar-refractivity contribution in [2.75, 3.05) is 12.4 Å². The topological polar surface area (TPSA) is 75.7 Å². The molecule has 0 aromatic rings. The minimum Gasteiger partial charge on any atom is -0.454 e. The van der Waals surface area contributed by atoms with Crippen molar-refractivity contribution in [2.45, 2.75) is 57.0 Å². The van der Waals surface area contributed by atoms with Crippen molar-refractivity contribution in [3.8, 4) is 0 Å². The smallest absolute Gasteiger partial charge is 0.330 e. The second kappa shape index (κ2) is 5.51. The quantitative estimate of drug-likeness (QED) is 0.783. The van der Waals surface area contributed by atoms with Crippen LogP contribution in [0.3, 0.4) is 0 Å². The first kappa shape index (κ1) is 16.1. The van der Waals surface area contributed by atoms with Gasteiger partial charge >= 0.3 is 5.97 Å². The average Bonchev–Trinajstić information content (AvgIpc) is 2.82. The van der Waals surface area contributed by atoms with Gasteiger partial charge in [0.1, 0.15) is 6.04 Å². The van der Waals surface area contributed by atoms with Gasteiger partial charge in [0, 0.05) is 17.7 Å². The SMILES string of the molecule is CC(C)(C)NC(=O)COC(=O)[C@H]1CS[C@@]2(C)CCC(=O)N12. The van der Waals surface area contributed by atoms with Crippen LogP contribution in [0.5, 0.6) is 0 Å². The van der Waals surface area contributed by atoms with Gasteiger partial charge in [-0.2, -0.15) is 0 Å². The molecule has 0 aromatic heterocycles. The summed E-state index contributed by atoms with van der Waals surface area (Å²) in [5.41, 5.74) is -0.365. The Labute approximate surface area is 129 Å². The molecule has 0 aromatic carbocycles. The van der Waals surface area contributed by atoms with Crippen LogP contribution in [0.4, 0.5) is 0 Å². The highest BCUT2D eigenvalue weighted by Crippen LogP contribution is 2.47. The normalized spacial score (nSPS) is 28.5. The molecule has 2 saturated heterocycles. The van der Waals surface area contributed by atoms with E-state index < -0.39 is 12.0 Å². The average molecular weight is 314 g/mol. The van der Waals surface area contributed by atoms with Gasteiger partial charge in [0.15, 0.2) is 6.61 Å². The van der Waals surface area contributed by atoms with Crippen molar-refractivity contribution in [1.82, 2.24) is 10.2 Å². The second-order valence-corrected chi connectivity index (χ2v) is 8.17. The Kier molecular flexibility index (Phi) is 4.24. The van der Waals surface area contributed by atoms with E-state index in [4.69, 9.17) is 4.74 Å². The molecule has 0 spiro atoms. The Bertz CT molecular complexity index is 474. The third-order valence-electron chi connectivity index (χ3n) is 3.58. The van der Waals surface area contributed by atoms with Crippen LogP contribution in [0, 0.1) is 0 Å². The lowest BCUT2D eigenvalue weighted by molar-refractivity contribution is -0.156. The van der Waals surface area contributed by atoms with Gasteiger partial charge in [-0.05, 0) is 34.1 Å². The van der Waals surface area contributed by atoms with Crippen LogP contribution in [-0.4, -0.2) is 51.5 Å². The molecular formula is C14H22N2O4S. The minimum absolute atomic E-state index is 0.0106. The van der Waals surface area contributed by atoms with E-state index in [0.29, 0.717) is 12.2 Å². The van der Waals surface area contributed by atoms with Crippen molar-refractivity contribution < 1.29 is 19.1 Å². The van der Waals surface area contributed by atoms with Gasteiger partial charge in [-0.25, -0.2) is 4.79 Å². The Hall–Kier alpha value is -1.24. The molecule has 2 heterocycles. The third-order valence-corrected chi connectivity index (χ3v) is 5.08. The number of rotatable bonds is 3.